The van der Waals surface area contributed by atoms with Gasteiger partial charge in [0.05, 0.1) is 19.2 Å². The number of methoxy groups -OCH3 is 1. The molecule has 0 unspecified atom stereocenters. The van der Waals surface area contributed by atoms with Gasteiger partial charge in [0.15, 0.2) is 17.2 Å². The van der Waals surface area contributed by atoms with Crippen molar-refractivity contribution >= 4 is 34.5 Å². The van der Waals surface area contributed by atoms with Crippen LogP contribution in [0.5, 0.6) is 23.0 Å². The van der Waals surface area contributed by atoms with Crippen LogP contribution in [0, 0.1) is 0 Å². The maximum atomic E-state index is 12.9. The monoisotopic (exact) mass is 536 g/mol. The molecule has 3 rings (SSSR count). The van der Waals surface area contributed by atoms with Gasteiger partial charge in [-0.2, -0.15) is 0 Å². The van der Waals surface area contributed by atoms with Crippen molar-refractivity contribution in [3.63, 3.8) is 0 Å². The molecule has 0 aliphatic rings. The Hall–Kier alpha value is -4.27. The van der Waals surface area contributed by atoms with Crippen molar-refractivity contribution in [2.24, 2.45) is 7.05 Å². The minimum atomic E-state index is -0.464. The number of fused-ring (bicyclic) bond motifs is 1. The number of nitrogens with zero attached hydrogens (tertiary/aromatic N) is 1. The molecule has 0 spiro atoms. The highest BCUT2D eigenvalue weighted by Gasteiger charge is 2.17. The standard InChI is InChI=1S/C30H36N2O7/c1-5-6-7-8-9-10-17-38-29-28(35)23-14-13-22(19-24(23)32(3)30(29)36)31-27(34)16-12-21-11-15-25(39-20(2)33)26(18-21)37-4/h11-16,18-19,35H,5-10,17H2,1-4H3,(H,31,34). The second-order valence-corrected chi connectivity index (χ2v) is 9.22. The first-order chi connectivity index (χ1) is 18.7. The molecule has 0 fully saturated rings. The summed E-state index contributed by atoms with van der Waals surface area (Å²) in [6.45, 7) is 3.83. The van der Waals surface area contributed by atoms with E-state index in [0.29, 0.717) is 34.5 Å². The Bertz CT molecular complexity index is 1410. The number of nitrogens with one attached hydrogen (secondary N) is 1. The first-order valence-electron chi connectivity index (χ1n) is 13.1. The van der Waals surface area contributed by atoms with Gasteiger partial charge in [0.1, 0.15) is 0 Å². The zero-order valence-corrected chi connectivity index (χ0v) is 22.9. The molecule has 0 saturated carbocycles. The van der Waals surface area contributed by atoms with E-state index < -0.39 is 17.4 Å². The van der Waals surface area contributed by atoms with E-state index in [1.807, 2.05) is 0 Å². The summed E-state index contributed by atoms with van der Waals surface area (Å²) in [7, 11) is 3.05. The molecule has 39 heavy (non-hydrogen) atoms. The topological polar surface area (TPSA) is 116 Å². The van der Waals surface area contributed by atoms with E-state index in [-0.39, 0.29) is 17.2 Å². The average Bonchev–Trinajstić information content (AvgIpc) is 2.92. The van der Waals surface area contributed by atoms with Crippen molar-refractivity contribution in [3.05, 3.63) is 58.4 Å². The number of benzene rings is 2. The Kier molecular flexibility index (Phi) is 10.5. The molecular formula is C30H36N2O7. The molecule has 0 radical (unpaired) electrons. The summed E-state index contributed by atoms with van der Waals surface area (Å²) in [4.78, 5) is 36.7. The van der Waals surface area contributed by atoms with Crippen LogP contribution in [0.2, 0.25) is 0 Å². The summed E-state index contributed by atoms with van der Waals surface area (Å²) in [5, 5.41) is 14.0. The molecule has 0 atom stereocenters. The maximum Gasteiger partial charge on any atom is 0.308 e. The number of hydrogen-bond donors (Lipinski definition) is 2. The zero-order chi connectivity index (χ0) is 28.4. The van der Waals surface area contributed by atoms with Crippen LogP contribution in [0.4, 0.5) is 5.69 Å². The molecule has 9 heteroatoms. The minimum Gasteiger partial charge on any atom is -0.504 e. The van der Waals surface area contributed by atoms with Crippen molar-refractivity contribution in [2.45, 2.75) is 52.4 Å². The molecule has 0 bridgehead atoms. The van der Waals surface area contributed by atoms with Crippen molar-refractivity contribution in [3.8, 4) is 23.0 Å². The van der Waals surface area contributed by atoms with Crippen molar-refractivity contribution < 1.29 is 28.9 Å². The lowest BCUT2D eigenvalue weighted by atomic mass is 10.1. The molecule has 1 amide bonds. The van der Waals surface area contributed by atoms with E-state index in [4.69, 9.17) is 14.2 Å². The smallest absolute Gasteiger partial charge is 0.308 e. The van der Waals surface area contributed by atoms with Gasteiger partial charge in [0.2, 0.25) is 11.7 Å². The number of unbranched alkanes of at least 4 members (excludes halogenated alkanes) is 5. The van der Waals surface area contributed by atoms with Crippen LogP contribution < -0.4 is 25.1 Å². The fourth-order valence-electron chi connectivity index (χ4n) is 4.14. The molecular weight excluding hydrogens is 500 g/mol. The molecule has 0 saturated heterocycles. The van der Waals surface area contributed by atoms with Gasteiger partial charge in [-0.3, -0.25) is 14.4 Å². The van der Waals surface area contributed by atoms with Crippen molar-refractivity contribution in [2.75, 3.05) is 19.0 Å². The van der Waals surface area contributed by atoms with Gasteiger partial charge in [-0.05, 0) is 48.4 Å². The molecule has 1 heterocycles. The van der Waals surface area contributed by atoms with E-state index >= 15 is 0 Å². The SMILES string of the molecule is CCCCCCCCOc1c(O)c2ccc(NC(=O)C=Cc3ccc(OC(C)=O)c(OC)c3)cc2n(C)c1=O. The van der Waals surface area contributed by atoms with E-state index in [2.05, 4.69) is 12.2 Å². The molecule has 3 aromatic rings. The third kappa shape index (κ3) is 7.86. The lowest BCUT2D eigenvalue weighted by Crippen LogP contribution is -2.20. The Morgan fingerprint density at radius 1 is 1.03 bits per heavy atom. The van der Waals surface area contributed by atoms with E-state index in [9.17, 15) is 19.5 Å². The number of esters is 1. The van der Waals surface area contributed by atoms with Crippen molar-refractivity contribution in [1.29, 1.82) is 0 Å². The van der Waals surface area contributed by atoms with Gasteiger partial charge in [0, 0.05) is 31.1 Å². The van der Waals surface area contributed by atoms with Gasteiger partial charge < -0.3 is 29.2 Å². The Morgan fingerprint density at radius 2 is 1.77 bits per heavy atom. The van der Waals surface area contributed by atoms with Crippen LogP contribution in [0.1, 0.15) is 57.9 Å². The average molecular weight is 537 g/mol. The zero-order valence-electron chi connectivity index (χ0n) is 22.9. The Labute approximate surface area is 228 Å². The molecule has 2 aromatic carbocycles. The number of pyridine rings is 1. The second kappa shape index (κ2) is 14.0. The fraction of sp³-hybridized carbons (Fsp3) is 0.367. The number of aryl methyl sites for hydroxylation is 1. The lowest BCUT2D eigenvalue weighted by Gasteiger charge is -2.14. The third-order valence-corrected chi connectivity index (χ3v) is 6.21. The number of carbonyl (C=O) groups is 2. The minimum absolute atomic E-state index is 0.0616. The van der Waals surface area contributed by atoms with Crippen molar-refractivity contribution in [1.82, 2.24) is 4.57 Å². The highest BCUT2D eigenvalue weighted by atomic mass is 16.6. The highest BCUT2D eigenvalue weighted by Crippen LogP contribution is 2.33. The maximum absolute atomic E-state index is 12.9. The van der Waals surface area contributed by atoms with Crippen LogP contribution in [0.15, 0.2) is 47.3 Å². The number of ether oxygens (including phenoxy) is 3. The predicted octanol–water partition coefficient (Wildman–Crippen LogP) is 5.57. The number of aromatic nitrogens is 1. The Morgan fingerprint density at radius 3 is 2.49 bits per heavy atom. The summed E-state index contributed by atoms with van der Waals surface area (Å²) in [6.07, 6.45) is 9.47. The quantitative estimate of drug-likeness (QED) is 0.127. The molecule has 208 valence electrons. The third-order valence-electron chi connectivity index (χ3n) is 6.21. The predicted molar refractivity (Wildman–Crippen MR) is 152 cm³/mol. The molecule has 1 aromatic heterocycles. The lowest BCUT2D eigenvalue weighted by molar-refractivity contribution is -0.132. The summed E-state index contributed by atoms with van der Waals surface area (Å²) >= 11 is 0. The van der Waals surface area contributed by atoms with Gasteiger partial charge in [-0.1, -0.05) is 45.1 Å². The van der Waals surface area contributed by atoms with Gasteiger partial charge in [0.25, 0.3) is 5.56 Å². The van der Waals surface area contributed by atoms with Gasteiger partial charge >= 0.3 is 5.97 Å². The number of rotatable bonds is 13. The van der Waals surface area contributed by atoms with Crippen LogP contribution >= 0.6 is 0 Å². The number of hydrogen-bond acceptors (Lipinski definition) is 7. The first-order valence-corrected chi connectivity index (χ1v) is 13.1. The molecule has 9 nitrogen and oxygen atoms in total. The normalized spacial score (nSPS) is 11.1. The number of carbonyl (C=O) groups excluding carboxylic acids is 2. The van der Waals surface area contributed by atoms with Crippen LogP contribution in [-0.2, 0) is 16.6 Å². The van der Waals surface area contributed by atoms with E-state index in [0.717, 1.165) is 19.3 Å². The summed E-state index contributed by atoms with van der Waals surface area (Å²) in [6, 6.07) is 9.82. The summed E-state index contributed by atoms with van der Waals surface area (Å²) < 4.78 is 17.4. The number of aromatic hydroxyl groups is 1. The highest BCUT2D eigenvalue weighted by molar-refractivity contribution is 6.03. The second-order valence-electron chi connectivity index (χ2n) is 9.22. The number of anilines is 1. The van der Waals surface area contributed by atoms with Crippen LogP contribution in [-0.4, -0.2) is 35.3 Å². The Balaban J connectivity index is 1.69. The molecule has 0 aliphatic carbocycles. The first kappa shape index (κ1) is 29.3. The summed E-state index contributed by atoms with van der Waals surface area (Å²) in [5.41, 5.74) is 1.13. The fourth-order valence-corrected chi connectivity index (χ4v) is 4.14. The largest absolute Gasteiger partial charge is 0.504 e. The summed E-state index contributed by atoms with van der Waals surface area (Å²) in [5.74, 6) is -0.484. The molecule has 0 aliphatic heterocycles. The van der Waals surface area contributed by atoms with Gasteiger partial charge in [-0.25, -0.2) is 0 Å². The van der Waals surface area contributed by atoms with Crippen LogP contribution in [0.3, 0.4) is 0 Å². The van der Waals surface area contributed by atoms with E-state index in [1.54, 1.807) is 49.5 Å². The van der Waals surface area contributed by atoms with Crippen LogP contribution in [0.25, 0.3) is 17.0 Å². The van der Waals surface area contributed by atoms with Gasteiger partial charge in [-0.15, -0.1) is 0 Å². The number of amides is 1. The van der Waals surface area contributed by atoms with E-state index in [1.165, 1.54) is 43.9 Å². The molecule has 2 N–H and O–H groups in total.